The van der Waals surface area contributed by atoms with Crippen molar-refractivity contribution in [3.8, 4) is 0 Å². The van der Waals surface area contributed by atoms with E-state index in [4.69, 9.17) is 5.73 Å². The average molecular weight is 260 g/mol. The van der Waals surface area contributed by atoms with Crippen molar-refractivity contribution >= 4 is 16.9 Å². The molecule has 0 aliphatic rings. The van der Waals surface area contributed by atoms with E-state index in [0.29, 0.717) is 12.1 Å². The molecule has 2 rings (SSSR count). The van der Waals surface area contributed by atoms with Gasteiger partial charge in [0.1, 0.15) is 0 Å². The van der Waals surface area contributed by atoms with E-state index in [2.05, 4.69) is 11.5 Å². The molecule has 1 heterocycles. The molecule has 0 aliphatic carbocycles. The molecule has 1 aromatic heterocycles. The van der Waals surface area contributed by atoms with Gasteiger partial charge < -0.3 is 15.4 Å². The first-order chi connectivity index (χ1) is 8.97. The Labute approximate surface area is 112 Å². The van der Waals surface area contributed by atoms with Crippen LogP contribution in [0.4, 0.5) is 0 Å². The molecule has 0 amide bonds. The van der Waals surface area contributed by atoms with Crippen LogP contribution in [0.15, 0.2) is 12.1 Å². The summed E-state index contributed by atoms with van der Waals surface area (Å²) in [4.78, 5) is 11.2. The number of nitrogens with zero attached hydrogens (tertiary/aromatic N) is 1. The fourth-order valence-corrected chi connectivity index (χ4v) is 2.62. The maximum Gasteiger partial charge on any atom is 0.336 e. The largest absolute Gasteiger partial charge is 0.478 e. The molecule has 0 fully saturated rings. The third-order valence-electron chi connectivity index (χ3n) is 3.83. The van der Waals surface area contributed by atoms with Gasteiger partial charge in [0, 0.05) is 23.6 Å². The smallest absolute Gasteiger partial charge is 0.336 e. The van der Waals surface area contributed by atoms with Gasteiger partial charge in [0.05, 0.1) is 5.56 Å². The van der Waals surface area contributed by atoms with Crippen LogP contribution in [0.5, 0.6) is 0 Å². The Morgan fingerprint density at radius 3 is 2.63 bits per heavy atom. The van der Waals surface area contributed by atoms with Gasteiger partial charge in [-0.15, -0.1) is 0 Å². The van der Waals surface area contributed by atoms with Gasteiger partial charge in [-0.1, -0.05) is 0 Å². The number of carbonyl (C=O) groups is 1. The molecule has 2 aromatic rings. The van der Waals surface area contributed by atoms with Crippen molar-refractivity contribution in [3.05, 3.63) is 34.5 Å². The zero-order valence-electron chi connectivity index (χ0n) is 11.7. The Morgan fingerprint density at radius 1 is 1.37 bits per heavy atom. The molecule has 0 atom stereocenters. The van der Waals surface area contributed by atoms with Gasteiger partial charge in [-0.05, 0) is 56.5 Å². The summed E-state index contributed by atoms with van der Waals surface area (Å²) in [7, 11) is 1.98. The number of aromatic carboxylic acids is 1. The van der Waals surface area contributed by atoms with E-state index in [0.717, 1.165) is 29.3 Å². The monoisotopic (exact) mass is 260 g/mol. The third-order valence-corrected chi connectivity index (χ3v) is 3.83. The van der Waals surface area contributed by atoms with Crippen LogP contribution in [0.1, 0.15) is 33.6 Å². The number of aromatic nitrogens is 1. The van der Waals surface area contributed by atoms with Crippen molar-refractivity contribution in [2.24, 2.45) is 12.8 Å². The predicted octanol–water partition coefficient (Wildman–Crippen LogP) is 2.38. The summed E-state index contributed by atoms with van der Waals surface area (Å²) in [5.74, 6) is -0.873. The van der Waals surface area contributed by atoms with Crippen LogP contribution in [-0.2, 0) is 13.5 Å². The van der Waals surface area contributed by atoms with E-state index in [1.165, 1.54) is 11.3 Å². The second kappa shape index (κ2) is 5.05. The minimum absolute atomic E-state index is 0.374. The van der Waals surface area contributed by atoms with Crippen molar-refractivity contribution in [1.82, 2.24) is 4.57 Å². The summed E-state index contributed by atoms with van der Waals surface area (Å²) in [6.07, 6.45) is 1.88. The van der Waals surface area contributed by atoms with Crippen LogP contribution in [0.25, 0.3) is 10.9 Å². The lowest BCUT2D eigenvalue weighted by Crippen LogP contribution is -2.01. The van der Waals surface area contributed by atoms with Gasteiger partial charge in [0.15, 0.2) is 0 Å². The average Bonchev–Trinajstić information content (AvgIpc) is 2.58. The van der Waals surface area contributed by atoms with Gasteiger partial charge in [-0.2, -0.15) is 0 Å². The lowest BCUT2D eigenvalue weighted by molar-refractivity contribution is 0.0696. The summed E-state index contributed by atoms with van der Waals surface area (Å²) >= 11 is 0. The van der Waals surface area contributed by atoms with Crippen LogP contribution < -0.4 is 5.73 Å². The number of aryl methyl sites for hydroxylation is 3. The number of hydrogen-bond donors (Lipinski definition) is 2. The SMILES string of the molecule is Cc1cc2c(CCCN)c(C)n(C)c2cc1C(=O)O. The normalized spacial score (nSPS) is 11.2. The number of carboxylic acids is 1. The van der Waals surface area contributed by atoms with Crippen LogP contribution in [0.3, 0.4) is 0 Å². The number of benzene rings is 1. The van der Waals surface area contributed by atoms with Gasteiger partial charge in [-0.3, -0.25) is 0 Å². The Balaban J connectivity index is 2.69. The van der Waals surface area contributed by atoms with Crippen molar-refractivity contribution in [2.45, 2.75) is 26.7 Å². The molecular formula is C15H20N2O2. The molecule has 0 aliphatic heterocycles. The molecule has 3 N–H and O–H groups in total. The number of carboxylic acid groups (broad SMARTS) is 1. The van der Waals surface area contributed by atoms with E-state index < -0.39 is 5.97 Å². The summed E-state index contributed by atoms with van der Waals surface area (Å²) in [5, 5.41) is 10.4. The Morgan fingerprint density at radius 2 is 2.05 bits per heavy atom. The first kappa shape index (κ1) is 13.6. The van der Waals surface area contributed by atoms with Gasteiger partial charge >= 0.3 is 5.97 Å². The fourth-order valence-electron chi connectivity index (χ4n) is 2.62. The molecule has 0 bridgehead atoms. The molecule has 0 spiro atoms. The third kappa shape index (κ3) is 2.24. The van der Waals surface area contributed by atoms with Crippen molar-refractivity contribution in [1.29, 1.82) is 0 Å². The van der Waals surface area contributed by atoms with Crippen LogP contribution in [0.2, 0.25) is 0 Å². The zero-order chi connectivity index (χ0) is 14.2. The Hall–Kier alpha value is -1.81. The van der Waals surface area contributed by atoms with E-state index in [1.54, 1.807) is 6.07 Å². The maximum atomic E-state index is 11.2. The first-order valence-electron chi connectivity index (χ1n) is 6.49. The molecule has 4 heteroatoms. The maximum absolute atomic E-state index is 11.2. The molecule has 102 valence electrons. The Bertz CT molecular complexity index is 641. The molecule has 1 aromatic carbocycles. The summed E-state index contributed by atoms with van der Waals surface area (Å²) < 4.78 is 2.06. The van der Waals surface area contributed by atoms with E-state index in [-0.39, 0.29) is 0 Å². The standard InChI is InChI=1S/C15H20N2O2/c1-9-7-13-11(5-4-6-16)10(2)17(3)14(13)8-12(9)15(18)19/h7-8H,4-6,16H2,1-3H3,(H,18,19). The number of fused-ring (bicyclic) bond motifs is 1. The number of rotatable bonds is 4. The van der Waals surface area contributed by atoms with Crippen molar-refractivity contribution in [3.63, 3.8) is 0 Å². The Kier molecular flexibility index (Phi) is 3.62. The summed E-state index contributed by atoms with van der Waals surface area (Å²) in [6, 6.07) is 3.75. The molecule has 0 radical (unpaired) electrons. The molecule has 19 heavy (non-hydrogen) atoms. The first-order valence-corrected chi connectivity index (χ1v) is 6.49. The highest BCUT2D eigenvalue weighted by atomic mass is 16.4. The topological polar surface area (TPSA) is 68.2 Å². The van der Waals surface area contributed by atoms with Gasteiger partial charge in [-0.25, -0.2) is 4.79 Å². The second-order valence-corrected chi connectivity index (χ2v) is 5.00. The second-order valence-electron chi connectivity index (χ2n) is 5.00. The van der Waals surface area contributed by atoms with Crippen LogP contribution >= 0.6 is 0 Å². The molecule has 0 saturated heterocycles. The highest BCUT2D eigenvalue weighted by molar-refractivity contribution is 5.96. The van der Waals surface area contributed by atoms with E-state index >= 15 is 0 Å². The quantitative estimate of drug-likeness (QED) is 0.886. The lowest BCUT2D eigenvalue weighted by Gasteiger charge is -2.04. The molecule has 0 saturated carbocycles. The highest BCUT2D eigenvalue weighted by Crippen LogP contribution is 2.28. The predicted molar refractivity (Wildman–Crippen MR) is 76.7 cm³/mol. The number of hydrogen-bond acceptors (Lipinski definition) is 2. The minimum Gasteiger partial charge on any atom is -0.478 e. The lowest BCUT2D eigenvalue weighted by atomic mass is 10.0. The zero-order valence-corrected chi connectivity index (χ0v) is 11.7. The minimum atomic E-state index is -0.873. The van der Waals surface area contributed by atoms with Crippen LogP contribution in [-0.4, -0.2) is 22.2 Å². The van der Waals surface area contributed by atoms with Gasteiger partial charge in [0.25, 0.3) is 0 Å². The van der Waals surface area contributed by atoms with Gasteiger partial charge in [0.2, 0.25) is 0 Å². The van der Waals surface area contributed by atoms with E-state index in [9.17, 15) is 9.90 Å². The molecule has 4 nitrogen and oxygen atoms in total. The highest BCUT2D eigenvalue weighted by Gasteiger charge is 2.16. The summed E-state index contributed by atoms with van der Waals surface area (Å²) in [5.41, 5.74) is 10.2. The van der Waals surface area contributed by atoms with Crippen molar-refractivity contribution < 1.29 is 9.90 Å². The molecule has 0 unspecified atom stereocenters. The fraction of sp³-hybridized carbons (Fsp3) is 0.400. The van der Waals surface area contributed by atoms with Crippen LogP contribution in [0, 0.1) is 13.8 Å². The van der Waals surface area contributed by atoms with Crippen molar-refractivity contribution in [2.75, 3.05) is 6.54 Å². The number of nitrogens with two attached hydrogens (primary N) is 1. The summed E-state index contributed by atoms with van der Waals surface area (Å²) in [6.45, 7) is 4.58. The molecular weight excluding hydrogens is 240 g/mol. The van der Waals surface area contributed by atoms with E-state index in [1.807, 2.05) is 20.0 Å².